The lowest BCUT2D eigenvalue weighted by Crippen LogP contribution is -2.56. The van der Waals surface area contributed by atoms with Crippen molar-refractivity contribution in [2.45, 2.75) is 44.2 Å². The van der Waals surface area contributed by atoms with Crippen molar-refractivity contribution < 1.29 is 9.47 Å². The molecule has 1 aromatic carbocycles. The van der Waals surface area contributed by atoms with E-state index >= 15 is 0 Å². The van der Waals surface area contributed by atoms with Gasteiger partial charge in [-0.2, -0.15) is 0 Å². The van der Waals surface area contributed by atoms with Gasteiger partial charge in [0.2, 0.25) is 0 Å². The third-order valence-corrected chi connectivity index (χ3v) is 4.20. The van der Waals surface area contributed by atoms with Crippen molar-refractivity contribution in [1.82, 2.24) is 5.43 Å². The van der Waals surface area contributed by atoms with E-state index in [1.54, 1.807) is 0 Å². The summed E-state index contributed by atoms with van der Waals surface area (Å²) in [4.78, 5) is 0. The van der Waals surface area contributed by atoms with E-state index in [0.29, 0.717) is 6.61 Å². The van der Waals surface area contributed by atoms with Gasteiger partial charge in [0, 0.05) is 18.6 Å². The Morgan fingerprint density at radius 1 is 1.25 bits per heavy atom. The molecule has 1 fully saturated rings. The van der Waals surface area contributed by atoms with Crippen LogP contribution in [0.25, 0.3) is 0 Å². The third kappa shape index (κ3) is 3.38. The summed E-state index contributed by atoms with van der Waals surface area (Å²) in [5, 5.41) is 0. The van der Waals surface area contributed by atoms with Crippen LogP contribution in [0.4, 0.5) is 0 Å². The summed E-state index contributed by atoms with van der Waals surface area (Å²) >= 11 is 0. The van der Waals surface area contributed by atoms with E-state index in [4.69, 9.17) is 15.3 Å². The summed E-state index contributed by atoms with van der Waals surface area (Å²) in [5.41, 5.74) is 4.29. The molecule has 1 aliphatic rings. The molecule has 0 radical (unpaired) electrons. The fourth-order valence-corrected chi connectivity index (χ4v) is 3.00. The zero-order valence-corrected chi connectivity index (χ0v) is 12.5. The summed E-state index contributed by atoms with van der Waals surface area (Å²) in [5.74, 6) is 5.84. The second-order valence-electron chi connectivity index (χ2n) is 5.74. The Labute approximate surface area is 121 Å². The summed E-state index contributed by atoms with van der Waals surface area (Å²) in [6, 6.07) is 10.7. The van der Waals surface area contributed by atoms with Gasteiger partial charge >= 0.3 is 0 Å². The van der Waals surface area contributed by atoms with Crippen molar-refractivity contribution in [1.29, 1.82) is 0 Å². The van der Waals surface area contributed by atoms with E-state index in [2.05, 4.69) is 29.7 Å². The third-order valence-electron chi connectivity index (χ3n) is 4.20. The maximum atomic E-state index is 5.84. The van der Waals surface area contributed by atoms with Gasteiger partial charge in [0.1, 0.15) is 0 Å². The summed E-state index contributed by atoms with van der Waals surface area (Å²) in [6.45, 7) is 6.26. The first-order chi connectivity index (χ1) is 9.69. The quantitative estimate of drug-likeness (QED) is 0.617. The lowest BCUT2D eigenvalue weighted by Gasteiger charge is -2.43. The van der Waals surface area contributed by atoms with E-state index < -0.39 is 0 Å². The number of hydrogen-bond acceptors (Lipinski definition) is 4. The summed E-state index contributed by atoms with van der Waals surface area (Å²) in [6.07, 6.45) is 2.14. The standard InChI is InChI=1S/C16H26N2O2/c1-13(2)20-12-15(18-17)16(8-10-19-11-9-16)14-6-4-3-5-7-14/h3-7,13,15,18H,8-12,17H2,1-2H3. The van der Waals surface area contributed by atoms with Crippen LogP contribution in [-0.4, -0.2) is 32.0 Å². The van der Waals surface area contributed by atoms with Gasteiger partial charge in [-0.1, -0.05) is 30.3 Å². The van der Waals surface area contributed by atoms with Gasteiger partial charge in [0.15, 0.2) is 0 Å². The molecule has 4 heteroatoms. The van der Waals surface area contributed by atoms with E-state index in [-0.39, 0.29) is 17.6 Å². The molecule has 1 heterocycles. The number of benzene rings is 1. The fourth-order valence-electron chi connectivity index (χ4n) is 3.00. The number of hydrogen-bond donors (Lipinski definition) is 2. The van der Waals surface area contributed by atoms with Crippen molar-refractivity contribution in [2.24, 2.45) is 5.84 Å². The first-order valence-electron chi connectivity index (χ1n) is 7.40. The Hall–Kier alpha value is -0.940. The highest BCUT2D eigenvalue weighted by Gasteiger charge is 2.41. The van der Waals surface area contributed by atoms with Crippen LogP contribution < -0.4 is 11.3 Å². The molecule has 0 saturated carbocycles. The van der Waals surface area contributed by atoms with Crippen molar-refractivity contribution in [2.75, 3.05) is 19.8 Å². The molecule has 20 heavy (non-hydrogen) atoms. The molecule has 4 nitrogen and oxygen atoms in total. The minimum Gasteiger partial charge on any atom is -0.381 e. The first kappa shape index (κ1) is 15.4. The van der Waals surface area contributed by atoms with Crippen LogP contribution in [0.5, 0.6) is 0 Å². The largest absolute Gasteiger partial charge is 0.381 e. The Morgan fingerprint density at radius 2 is 1.90 bits per heavy atom. The highest BCUT2D eigenvalue weighted by molar-refractivity contribution is 5.28. The molecule has 0 bridgehead atoms. The molecule has 1 aromatic rings. The van der Waals surface area contributed by atoms with Crippen LogP contribution >= 0.6 is 0 Å². The Balaban J connectivity index is 2.25. The lowest BCUT2D eigenvalue weighted by atomic mass is 9.69. The zero-order valence-electron chi connectivity index (χ0n) is 12.5. The first-order valence-corrected chi connectivity index (χ1v) is 7.40. The van der Waals surface area contributed by atoms with E-state index in [1.165, 1.54) is 5.56 Å². The molecular formula is C16H26N2O2. The number of hydrazine groups is 1. The molecule has 2 rings (SSSR count). The molecular weight excluding hydrogens is 252 g/mol. The van der Waals surface area contributed by atoms with Gasteiger partial charge in [-0.05, 0) is 32.3 Å². The van der Waals surface area contributed by atoms with Crippen LogP contribution in [0.15, 0.2) is 30.3 Å². The van der Waals surface area contributed by atoms with Crippen molar-refractivity contribution in [3.05, 3.63) is 35.9 Å². The molecule has 1 unspecified atom stereocenters. The number of rotatable bonds is 6. The predicted octanol–water partition coefficient (Wildman–Crippen LogP) is 1.99. The Bertz CT molecular complexity index is 389. The topological polar surface area (TPSA) is 56.5 Å². The minimum atomic E-state index is -0.0108. The fraction of sp³-hybridized carbons (Fsp3) is 0.625. The van der Waals surface area contributed by atoms with Crippen LogP contribution in [0.1, 0.15) is 32.3 Å². The molecule has 0 aromatic heterocycles. The van der Waals surface area contributed by atoms with Gasteiger partial charge in [-0.25, -0.2) is 0 Å². The number of nitrogens with two attached hydrogens (primary N) is 1. The summed E-state index contributed by atoms with van der Waals surface area (Å²) < 4.78 is 11.4. The molecule has 0 aliphatic carbocycles. The van der Waals surface area contributed by atoms with Crippen LogP contribution in [-0.2, 0) is 14.9 Å². The summed E-state index contributed by atoms with van der Waals surface area (Å²) in [7, 11) is 0. The van der Waals surface area contributed by atoms with Crippen molar-refractivity contribution in [3.63, 3.8) is 0 Å². The molecule has 0 amide bonds. The normalized spacial score (nSPS) is 20.0. The highest BCUT2D eigenvalue weighted by atomic mass is 16.5. The monoisotopic (exact) mass is 278 g/mol. The average molecular weight is 278 g/mol. The van der Waals surface area contributed by atoms with Gasteiger partial charge in [-0.3, -0.25) is 11.3 Å². The molecule has 112 valence electrons. The molecule has 1 aliphatic heterocycles. The number of nitrogens with one attached hydrogen (secondary N) is 1. The van der Waals surface area contributed by atoms with Crippen LogP contribution in [0.3, 0.4) is 0 Å². The Morgan fingerprint density at radius 3 is 2.45 bits per heavy atom. The van der Waals surface area contributed by atoms with Gasteiger partial charge in [0.25, 0.3) is 0 Å². The average Bonchev–Trinajstić information content (AvgIpc) is 2.49. The van der Waals surface area contributed by atoms with Crippen LogP contribution in [0.2, 0.25) is 0 Å². The van der Waals surface area contributed by atoms with Crippen molar-refractivity contribution in [3.8, 4) is 0 Å². The molecule has 0 spiro atoms. The van der Waals surface area contributed by atoms with Gasteiger partial charge < -0.3 is 9.47 Å². The minimum absolute atomic E-state index is 0.0108. The van der Waals surface area contributed by atoms with E-state index in [1.807, 2.05) is 19.9 Å². The second kappa shape index (κ2) is 7.18. The predicted molar refractivity (Wildman–Crippen MR) is 80.4 cm³/mol. The Kier molecular flexibility index (Phi) is 5.54. The van der Waals surface area contributed by atoms with E-state index in [0.717, 1.165) is 26.1 Å². The maximum Gasteiger partial charge on any atom is 0.0645 e. The smallest absolute Gasteiger partial charge is 0.0645 e. The zero-order chi connectivity index (χ0) is 14.4. The highest BCUT2D eigenvalue weighted by Crippen LogP contribution is 2.38. The van der Waals surface area contributed by atoms with Crippen LogP contribution in [0, 0.1) is 0 Å². The lowest BCUT2D eigenvalue weighted by molar-refractivity contribution is -0.00343. The molecule has 1 atom stereocenters. The van der Waals surface area contributed by atoms with E-state index in [9.17, 15) is 0 Å². The molecule has 3 N–H and O–H groups in total. The SMILES string of the molecule is CC(C)OCC(NN)C1(c2ccccc2)CCOCC1. The maximum absolute atomic E-state index is 5.84. The number of ether oxygens (including phenoxy) is 2. The van der Waals surface area contributed by atoms with Gasteiger partial charge in [-0.15, -0.1) is 0 Å². The molecule has 1 saturated heterocycles. The van der Waals surface area contributed by atoms with Crippen molar-refractivity contribution >= 4 is 0 Å². The second-order valence-corrected chi connectivity index (χ2v) is 5.74. The van der Waals surface area contributed by atoms with Gasteiger partial charge in [0.05, 0.1) is 18.8 Å².